The van der Waals surface area contributed by atoms with E-state index in [-0.39, 0.29) is 17.6 Å². The summed E-state index contributed by atoms with van der Waals surface area (Å²) in [7, 11) is 0. The lowest BCUT2D eigenvalue weighted by Gasteiger charge is -2.40. The Kier molecular flexibility index (Phi) is 5.29. The van der Waals surface area contributed by atoms with Crippen molar-refractivity contribution in [2.24, 2.45) is 5.92 Å². The number of benzene rings is 1. The van der Waals surface area contributed by atoms with Crippen LogP contribution in [-0.2, 0) is 4.79 Å². The summed E-state index contributed by atoms with van der Waals surface area (Å²) in [5.74, 6) is 1.07. The van der Waals surface area contributed by atoms with E-state index in [4.69, 9.17) is 0 Å². The predicted octanol–water partition coefficient (Wildman–Crippen LogP) is 4.00. The third kappa shape index (κ3) is 3.74. The number of carbonyl (C=O) groups excluding carboxylic acids is 1. The van der Waals surface area contributed by atoms with Crippen molar-refractivity contribution < 1.29 is 9.18 Å². The number of rotatable bonds is 3. The summed E-state index contributed by atoms with van der Waals surface area (Å²) >= 11 is 1.73. The topological polar surface area (TPSA) is 39.7 Å². The van der Waals surface area contributed by atoms with Gasteiger partial charge in [0, 0.05) is 61.2 Å². The first-order valence-corrected chi connectivity index (χ1v) is 11.4. The van der Waals surface area contributed by atoms with E-state index in [0.717, 1.165) is 50.5 Å². The smallest absolute Gasteiger partial charge is 0.227 e. The maximum Gasteiger partial charge on any atom is 0.227 e. The van der Waals surface area contributed by atoms with Crippen LogP contribution in [0.4, 0.5) is 15.9 Å². The fraction of sp³-hybridized carbons (Fsp3) is 0.391. The molecule has 4 heterocycles. The van der Waals surface area contributed by atoms with Crippen molar-refractivity contribution in [3.05, 3.63) is 53.8 Å². The fourth-order valence-electron chi connectivity index (χ4n) is 4.60. The number of hydrogen-bond donors (Lipinski definition) is 0. The summed E-state index contributed by atoms with van der Waals surface area (Å²) in [5.41, 5.74) is 1.02. The molecule has 1 unspecified atom stereocenters. The summed E-state index contributed by atoms with van der Waals surface area (Å²) in [5, 5.41) is 3.28. The lowest BCUT2D eigenvalue weighted by molar-refractivity contribution is -0.136. The van der Waals surface area contributed by atoms with Gasteiger partial charge in [0.2, 0.25) is 5.91 Å². The maximum atomic E-state index is 13.2. The van der Waals surface area contributed by atoms with Crippen molar-refractivity contribution in [3.63, 3.8) is 0 Å². The molecule has 156 valence electrons. The summed E-state index contributed by atoms with van der Waals surface area (Å²) < 4.78 is 14.4. The fourth-order valence-corrected chi connectivity index (χ4v) is 5.37. The first-order chi connectivity index (χ1) is 14.7. The molecule has 1 aromatic carbocycles. The third-order valence-electron chi connectivity index (χ3n) is 6.21. The Hall–Kier alpha value is -2.67. The molecule has 7 heteroatoms. The molecule has 0 N–H and O–H groups in total. The molecule has 0 saturated carbocycles. The second kappa shape index (κ2) is 8.22. The summed E-state index contributed by atoms with van der Waals surface area (Å²) in [4.78, 5) is 24.4. The molecular formula is C23H25FN4OS. The van der Waals surface area contributed by atoms with E-state index in [0.29, 0.717) is 13.1 Å². The standard InChI is InChI=1S/C23H25FN4OS/c24-18-3-5-19(6-4-18)26-11-13-27(14-12-26)23(29)17-2-1-10-28(16-17)22-20-8-15-30-21(20)7-9-25-22/h3-9,15,17H,1-2,10-14,16H2. The van der Waals surface area contributed by atoms with Gasteiger partial charge in [0.25, 0.3) is 0 Å². The van der Waals surface area contributed by atoms with Gasteiger partial charge in [-0.05, 0) is 54.6 Å². The van der Waals surface area contributed by atoms with Crippen molar-refractivity contribution in [2.45, 2.75) is 12.8 Å². The first kappa shape index (κ1) is 19.3. The highest BCUT2D eigenvalue weighted by Gasteiger charge is 2.32. The molecule has 2 fully saturated rings. The van der Waals surface area contributed by atoms with Gasteiger partial charge in [0.15, 0.2) is 0 Å². The maximum absolute atomic E-state index is 13.2. The molecule has 2 aromatic heterocycles. The number of piperidine rings is 1. The van der Waals surface area contributed by atoms with Gasteiger partial charge in [-0.3, -0.25) is 4.79 Å². The quantitative estimate of drug-likeness (QED) is 0.637. The zero-order valence-electron chi connectivity index (χ0n) is 16.8. The molecule has 1 amide bonds. The summed E-state index contributed by atoms with van der Waals surface area (Å²) in [6.07, 6.45) is 3.82. The minimum Gasteiger partial charge on any atom is -0.368 e. The van der Waals surface area contributed by atoms with Crippen LogP contribution < -0.4 is 9.80 Å². The van der Waals surface area contributed by atoms with E-state index in [1.165, 1.54) is 22.2 Å². The van der Waals surface area contributed by atoms with E-state index in [2.05, 4.69) is 32.3 Å². The van der Waals surface area contributed by atoms with Crippen LogP contribution in [0, 0.1) is 11.7 Å². The first-order valence-electron chi connectivity index (χ1n) is 10.6. The Morgan fingerprint density at radius 3 is 2.60 bits per heavy atom. The molecular weight excluding hydrogens is 399 g/mol. The van der Waals surface area contributed by atoms with Crippen molar-refractivity contribution >= 4 is 38.8 Å². The average molecular weight is 425 g/mol. The number of fused-ring (bicyclic) bond motifs is 1. The van der Waals surface area contributed by atoms with Crippen LogP contribution in [-0.4, -0.2) is 55.1 Å². The van der Waals surface area contributed by atoms with Crippen LogP contribution in [0.15, 0.2) is 48.0 Å². The Bertz CT molecular complexity index is 1030. The van der Waals surface area contributed by atoms with Crippen LogP contribution >= 0.6 is 11.3 Å². The van der Waals surface area contributed by atoms with Gasteiger partial charge in [-0.25, -0.2) is 9.37 Å². The molecule has 5 rings (SSSR count). The second-order valence-corrected chi connectivity index (χ2v) is 8.99. The van der Waals surface area contributed by atoms with Gasteiger partial charge in [-0.1, -0.05) is 0 Å². The normalized spacial score (nSPS) is 20.0. The van der Waals surface area contributed by atoms with E-state index >= 15 is 0 Å². The van der Waals surface area contributed by atoms with Gasteiger partial charge in [0.05, 0.1) is 5.92 Å². The number of pyridine rings is 1. The average Bonchev–Trinajstić information content (AvgIpc) is 3.28. The highest BCUT2D eigenvalue weighted by Crippen LogP contribution is 2.31. The second-order valence-electron chi connectivity index (χ2n) is 8.04. The Labute approximate surface area is 179 Å². The van der Waals surface area contributed by atoms with Crippen LogP contribution in [0.1, 0.15) is 12.8 Å². The highest BCUT2D eigenvalue weighted by molar-refractivity contribution is 7.17. The van der Waals surface area contributed by atoms with E-state index in [1.54, 1.807) is 11.3 Å². The van der Waals surface area contributed by atoms with Crippen LogP contribution in [0.3, 0.4) is 0 Å². The molecule has 30 heavy (non-hydrogen) atoms. The number of carbonyl (C=O) groups is 1. The number of hydrogen-bond acceptors (Lipinski definition) is 5. The van der Waals surface area contributed by atoms with Crippen LogP contribution in [0.2, 0.25) is 0 Å². The van der Waals surface area contributed by atoms with Crippen molar-refractivity contribution in [1.29, 1.82) is 0 Å². The number of thiophene rings is 1. The zero-order chi connectivity index (χ0) is 20.5. The minimum absolute atomic E-state index is 0.0202. The predicted molar refractivity (Wildman–Crippen MR) is 120 cm³/mol. The summed E-state index contributed by atoms with van der Waals surface area (Å²) in [6, 6.07) is 10.8. The number of anilines is 2. The Balaban J connectivity index is 1.23. The van der Waals surface area contributed by atoms with Crippen molar-refractivity contribution in [3.8, 4) is 0 Å². The van der Waals surface area contributed by atoms with Crippen molar-refractivity contribution in [1.82, 2.24) is 9.88 Å². The largest absolute Gasteiger partial charge is 0.368 e. The third-order valence-corrected chi connectivity index (χ3v) is 7.09. The molecule has 0 radical (unpaired) electrons. The van der Waals surface area contributed by atoms with E-state index < -0.39 is 0 Å². The van der Waals surface area contributed by atoms with E-state index in [9.17, 15) is 9.18 Å². The number of amides is 1. The van der Waals surface area contributed by atoms with Gasteiger partial charge < -0.3 is 14.7 Å². The molecule has 1 atom stereocenters. The molecule has 2 aliphatic heterocycles. The summed E-state index contributed by atoms with van der Waals surface area (Å²) in [6.45, 7) is 4.67. The lowest BCUT2D eigenvalue weighted by atomic mass is 9.96. The minimum atomic E-state index is -0.220. The van der Waals surface area contributed by atoms with Gasteiger partial charge in [0.1, 0.15) is 11.6 Å². The van der Waals surface area contributed by atoms with E-state index in [1.807, 2.05) is 23.2 Å². The number of aromatic nitrogens is 1. The molecule has 2 aliphatic rings. The molecule has 0 spiro atoms. The van der Waals surface area contributed by atoms with Gasteiger partial charge in [-0.2, -0.15) is 0 Å². The zero-order valence-corrected chi connectivity index (χ0v) is 17.7. The Morgan fingerprint density at radius 1 is 1.00 bits per heavy atom. The Morgan fingerprint density at radius 2 is 1.80 bits per heavy atom. The number of halogens is 1. The van der Waals surface area contributed by atoms with Gasteiger partial charge >= 0.3 is 0 Å². The van der Waals surface area contributed by atoms with Gasteiger partial charge in [-0.15, -0.1) is 11.3 Å². The van der Waals surface area contributed by atoms with Crippen molar-refractivity contribution in [2.75, 3.05) is 49.1 Å². The molecule has 2 saturated heterocycles. The van der Waals surface area contributed by atoms with Crippen LogP contribution in [0.5, 0.6) is 0 Å². The molecule has 5 nitrogen and oxygen atoms in total. The number of nitrogens with zero attached hydrogens (tertiary/aromatic N) is 4. The molecule has 0 bridgehead atoms. The lowest BCUT2D eigenvalue weighted by Crippen LogP contribution is -2.52. The molecule has 0 aliphatic carbocycles. The highest BCUT2D eigenvalue weighted by atomic mass is 32.1. The SMILES string of the molecule is O=C(C1CCCN(c2nccc3sccc23)C1)N1CCN(c2ccc(F)cc2)CC1. The number of piperazine rings is 1. The molecule has 3 aromatic rings. The van der Waals surface area contributed by atoms with Crippen LogP contribution in [0.25, 0.3) is 10.1 Å². The monoisotopic (exact) mass is 424 g/mol.